The summed E-state index contributed by atoms with van der Waals surface area (Å²) in [7, 11) is -3.40. The molecule has 1 unspecified atom stereocenters. The van der Waals surface area contributed by atoms with E-state index in [4.69, 9.17) is 5.73 Å². The molecule has 1 fully saturated rings. The van der Waals surface area contributed by atoms with Gasteiger partial charge in [-0.3, -0.25) is 0 Å². The highest BCUT2D eigenvalue weighted by atomic mass is 79.9. The maximum Gasteiger partial charge on any atom is 0.243 e. The highest BCUT2D eigenvalue weighted by Gasteiger charge is 2.28. The normalized spacial score (nSPS) is 20.9. The molecule has 2 rings (SSSR count). The minimum atomic E-state index is -3.40. The van der Waals surface area contributed by atoms with Gasteiger partial charge >= 0.3 is 0 Å². The van der Waals surface area contributed by atoms with Crippen LogP contribution in [0.25, 0.3) is 0 Å². The average Bonchev–Trinajstić information content (AvgIpc) is 2.32. The van der Waals surface area contributed by atoms with E-state index in [1.54, 1.807) is 18.2 Å². The molecule has 1 aromatic carbocycles. The number of nitrogens with two attached hydrogens (primary N) is 1. The number of benzene rings is 1. The Kier molecular flexibility index (Phi) is 5.82. The molecule has 1 aliphatic heterocycles. The van der Waals surface area contributed by atoms with Gasteiger partial charge in [-0.2, -0.15) is 4.31 Å². The number of rotatable bonds is 2. The molecule has 1 aromatic rings. The van der Waals surface area contributed by atoms with Crippen molar-refractivity contribution in [3.05, 3.63) is 28.2 Å². The van der Waals surface area contributed by atoms with Gasteiger partial charge in [-0.05, 0) is 43.5 Å². The minimum absolute atomic E-state index is 0. The predicted molar refractivity (Wildman–Crippen MR) is 82.1 cm³/mol. The first kappa shape index (κ1) is 16.9. The summed E-state index contributed by atoms with van der Waals surface area (Å²) in [5.74, 6) is 0. The van der Waals surface area contributed by atoms with Crippen LogP contribution in [0.3, 0.4) is 0 Å². The van der Waals surface area contributed by atoms with Crippen molar-refractivity contribution in [1.29, 1.82) is 0 Å². The first-order valence-corrected chi connectivity index (χ1v) is 8.16. The predicted octanol–water partition coefficient (Wildman–Crippen LogP) is 2.29. The number of hydrogen-bond acceptors (Lipinski definition) is 3. The second-order valence-electron chi connectivity index (χ2n) is 4.68. The summed E-state index contributed by atoms with van der Waals surface area (Å²) in [5, 5.41) is 0. The zero-order chi connectivity index (χ0) is 13.3. The summed E-state index contributed by atoms with van der Waals surface area (Å²) < 4.78 is 27.3. The number of piperidine rings is 1. The lowest BCUT2D eigenvalue weighted by Gasteiger charge is -2.29. The fourth-order valence-corrected chi connectivity index (χ4v) is 3.99. The summed E-state index contributed by atoms with van der Waals surface area (Å²) in [6, 6.07) is 5.04. The molecule has 7 heteroatoms. The third kappa shape index (κ3) is 3.70. The molecular formula is C12H18BrClN2O2S. The van der Waals surface area contributed by atoms with E-state index in [1.165, 1.54) is 4.31 Å². The van der Waals surface area contributed by atoms with Crippen molar-refractivity contribution in [3.8, 4) is 0 Å². The van der Waals surface area contributed by atoms with Crippen LogP contribution < -0.4 is 5.73 Å². The summed E-state index contributed by atoms with van der Waals surface area (Å²) >= 11 is 3.37. The fourth-order valence-electron chi connectivity index (χ4n) is 2.12. The van der Waals surface area contributed by atoms with Crippen molar-refractivity contribution < 1.29 is 8.42 Å². The molecule has 0 spiro atoms. The molecule has 0 amide bonds. The van der Waals surface area contributed by atoms with Gasteiger partial charge in [0.1, 0.15) is 0 Å². The topological polar surface area (TPSA) is 63.4 Å². The van der Waals surface area contributed by atoms with Gasteiger partial charge in [0.05, 0.1) is 4.90 Å². The highest BCUT2D eigenvalue weighted by Crippen LogP contribution is 2.24. The molecule has 1 saturated heterocycles. The van der Waals surface area contributed by atoms with E-state index in [9.17, 15) is 8.42 Å². The molecule has 0 aliphatic carbocycles. The Labute approximate surface area is 128 Å². The molecular weight excluding hydrogens is 352 g/mol. The molecule has 1 heterocycles. The van der Waals surface area contributed by atoms with Crippen molar-refractivity contribution in [2.45, 2.75) is 30.7 Å². The van der Waals surface area contributed by atoms with Crippen LogP contribution in [0.2, 0.25) is 0 Å². The Balaban J connectivity index is 0.00000180. The lowest BCUT2D eigenvalue weighted by molar-refractivity contribution is 0.316. The molecule has 1 aliphatic rings. The maximum atomic E-state index is 12.5. The number of hydrogen-bond donors (Lipinski definition) is 1. The smallest absolute Gasteiger partial charge is 0.243 e. The first-order chi connectivity index (χ1) is 8.41. The molecule has 0 bridgehead atoms. The van der Waals surface area contributed by atoms with Crippen LogP contribution >= 0.6 is 28.3 Å². The second kappa shape index (κ2) is 6.54. The van der Waals surface area contributed by atoms with Gasteiger partial charge in [0.15, 0.2) is 0 Å². The van der Waals surface area contributed by atoms with Gasteiger partial charge in [0.2, 0.25) is 10.0 Å². The van der Waals surface area contributed by atoms with Gasteiger partial charge in [-0.1, -0.05) is 15.9 Å². The molecule has 0 aromatic heterocycles. The van der Waals surface area contributed by atoms with Crippen molar-refractivity contribution in [2.24, 2.45) is 5.73 Å². The number of halogens is 2. The van der Waals surface area contributed by atoms with E-state index >= 15 is 0 Å². The van der Waals surface area contributed by atoms with Gasteiger partial charge in [0.25, 0.3) is 0 Å². The zero-order valence-corrected chi connectivity index (χ0v) is 13.9. The van der Waals surface area contributed by atoms with E-state index in [-0.39, 0.29) is 18.4 Å². The lowest BCUT2D eigenvalue weighted by Crippen LogP contribution is -2.45. The van der Waals surface area contributed by atoms with Crippen LogP contribution in [0.1, 0.15) is 18.4 Å². The third-order valence-corrected chi connectivity index (χ3v) is 5.94. The minimum Gasteiger partial charge on any atom is -0.327 e. The zero-order valence-electron chi connectivity index (χ0n) is 10.7. The van der Waals surface area contributed by atoms with Crippen LogP contribution in [0.15, 0.2) is 27.6 Å². The van der Waals surface area contributed by atoms with Gasteiger partial charge in [-0.25, -0.2) is 8.42 Å². The van der Waals surface area contributed by atoms with Crippen LogP contribution in [-0.4, -0.2) is 31.9 Å². The van der Waals surface area contributed by atoms with Crippen molar-refractivity contribution in [1.82, 2.24) is 4.31 Å². The van der Waals surface area contributed by atoms with E-state index in [0.717, 1.165) is 22.9 Å². The Bertz CT molecular complexity index is 551. The Morgan fingerprint density at radius 2 is 2.11 bits per heavy atom. The van der Waals surface area contributed by atoms with E-state index in [1.807, 2.05) is 6.92 Å². The number of nitrogens with zero attached hydrogens (tertiary/aromatic N) is 1. The van der Waals surface area contributed by atoms with Gasteiger partial charge < -0.3 is 5.73 Å². The van der Waals surface area contributed by atoms with Crippen LogP contribution in [0, 0.1) is 6.92 Å². The standard InChI is InChI=1S/C12H17BrN2O2S.ClH/c1-9-7-11(4-5-12(9)13)18(16,17)15-6-2-3-10(14)8-15;/h4-5,7,10H,2-3,6,8,14H2,1H3;1H. The summed E-state index contributed by atoms with van der Waals surface area (Å²) in [6.45, 7) is 2.85. The molecule has 19 heavy (non-hydrogen) atoms. The molecule has 0 saturated carbocycles. The van der Waals surface area contributed by atoms with Crippen molar-refractivity contribution in [2.75, 3.05) is 13.1 Å². The number of sulfonamides is 1. The SMILES string of the molecule is Cc1cc(S(=O)(=O)N2CCCC(N)C2)ccc1Br.Cl. The quantitative estimate of drug-likeness (QED) is 0.870. The second-order valence-corrected chi connectivity index (χ2v) is 7.47. The molecule has 1 atom stereocenters. The lowest BCUT2D eigenvalue weighted by atomic mass is 10.1. The Morgan fingerprint density at radius 3 is 2.68 bits per heavy atom. The monoisotopic (exact) mass is 368 g/mol. The maximum absolute atomic E-state index is 12.5. The largest absolute Gasteiger partial charge is 0.327 e. The van der Waals surface area contributed by atoms with E-state index in [2.05, 4.69) is 15.9 Å². The Morgan fingerprint density at radius 1 is 1.42 bits per heavy atom. The average molecular weight is 370 g/mol. The first-order valence-electron chi connectivity index (χ1n) is 5.93. The molecule has 108 valence electrons. The number of aryl methyl sites for hydroxylation is 1. The highest BCUT2D eigenvalue weighted by molar-refractivity contribution is 9.10. The van der Waals surface area contributed by atoms with Crippen molar-refractivity contribution >= 4 is 38.4 Å². The summed E-state index contributed by atoms with van der Waals surface area (Å²) in [6.07, 6.45) is 1.72. The van der Waals surface area contributed by atoms with Crippen LogP contribution in [-0.2, 0) is 10.0 Å². The fraction of sp³-hybridized carbons (Fsp3) is 0.500. The molecule has 2 N–H and O–H groups in total. The summed E-state index contributed by atoms with van der Waals surface area (Å²) in [5.41, 5.74) is 6.75. The van der Waals surface area contributed by atoms with Gasteiger partial charge in [0, 0.05) is 23.6 Å². The molecule has 0 radical (unpaired) electrons. The third-order valence-electron chi connectivity index (χ3n) is 3.19. The van der Waals surface area contributed by atoms with Crippen molar-refractivity contribution in [3.63, 3.8) is 0 Å². The van der Waals surface area contributed by atoms with Crippen LogP contribution in [0.5, 0.6) is 0 Å². The van der Waals surface area contributed by atoms with Gasteiger partial charge in [-0.15, -0.1) is 12.4 Å². The summed E-state index contributed by atoms with van der Waals surface area (Å²) in [4.78, 5) is 0.345. The molecule has 4 nitrogen and oxygen atoms in total. The van der Waals surface area contributed by atoms with Crippen LogP contribution in [0.4, 0.5) is 0 Å². The van der Waals surface area contributed by atoms with E-state index < -0.39 is 10.0 Å². The Hall–Kier alpha value is -0.140. The van der Waals surface area contributed by atoms with E-state index in [0.29, 0.717) is 18.0 Å².